The Morgan fingerprint density at radius 2 is 1.85 bits per heavy atom. The van der Waals surface area contributed by atoms with E-state index < -0.39 is 0 Å². The minimum atomic E-state index is 0.0382. The molecule has 0 fully saturated rings. The van der Waals surface area contributed by atoms with Gasteiger partial charge in [-0.25, -0.2) is 0 Å². The van der Waals surface area contributed by atoms with Crippen LogP contribution in [0.5, 0.6) is 0 Å². The van der Waals surface area contributed by atoms with Gasteiger partial charge in [-0.2, -0.15) is 0 Å². The highest BCUT2D eigenvalue weighted by molar-refractivity contribution is 5.99. The highest BCUT2D eigenvalue weighted by Crippen LogP contribution is 2.14. The Balaban J connectivity index is 1.98. The molecule has 0 spiro atoms. The number of ketones is 1. The van der Waals surface area contributed by atoms with Gasteiger partial charge in [-0.05, 0) is 42.7 Å². The average molecular weight is 268 g/mol. The maximum absolute atomic E-state index is 12.1. The highest BCUT2D eigenvalue weighted by atomic mass is 16.1. The van der Waals surface area contributed by atoms with Crippen molar-refractivity contribution in [1.82, 2.24) is 0 Å². The van der Waals surface area contributed by atoms with E-state index in [0.29, 0.717) is 11.3 Å². The van der Waals surface area contributed by atoms with Crippen LogP contribution in [-0.2, 0) is 6.42 Å². The lowest BCUT2D eigenvalue weighted by molar-refractivity contribution is 0.101. The van der Waals surface area contributed by atoms with E-state index in [0.717, 1.165) is 17.7 Å². The Labute approximate surface area is 119 Å². The number of benzene rings is 2. The fraction of sp³-hybridized carbons (Fsp3) is 0.235. The summed E-state index contributed by atoms with van der Waals surface area (Å²) in [5.41, 5.74) is 10.4. The molecule has 0 unspecified atom stereocenters. The molecule has 3 heteroatoms. The van der Waals surface area contributed by atoms with Gasteiger partial charge in [0.2, 0.25) is 0 Å². The first kappa shape index (κ1) is 14.1. The Kier molecular flexibility index (Phi) is 4.41. The molecule has 0 amide bonds. The molecule has 0 saturated heterocycles. The normalized spacial score (nSPS) is 10.3. The Morgan fingerprint density at radius 3 is 2.45 bits per heavy atom. The number of carbonyl (C=O) groups excluding carboxylic acids is 1. The second-order valence-electron chi connectivity index (χ2n) is 4.90. The van der Waals surface area contributed by atoms with Gasteiger partial charge in [0.25, 0.3) is 0 Å². The van der Waals surface area contributed by atoms with Crippen molar-refractivity contribution in [2.75, 3.05) is 17.6 Å². The van der Waals surface area contributed by atoms with Gasteiger partial charge in [-0.1, -0.05) is 31.2 Å². The first-order valence-electron chi connectivity index (χ1n) is 6.82. The van der Waals surface area contributed by atoms with Crippen molar-refractivity contribution in [1.29, 1.82) is 0 Å². The third-order valence-corrected chi connectivity index (χ3v) is 3.42. The smallest absolute Gasteiger partial charge is 0.181 e. The topological polar surface area (TPSA) is 55.1 Å². The molecule has 0 radical (unpaired) electrons. The first-order chi connectivity index (χ1) is 9.60. The lowest BCUT2D eigenvalue weighted by Crippen LogP contribution is -2.14. The summed E-state index contributed by atoms with van der Waals surface area (Å²) < 4.78 is 0. The molecule has 20 heavy (non-hydrogen) atoms. The van der Waals surface area contributed by atoms with Crippen molar-refractivity contribution in [3.63, 3.8) is 0 Å². The summed E-state index contributed by atoms with van der Waals surface area (Å²) in [6.07, 6.45) is 1.02. The number of nitrogens with one attached hydrogen (secondary N) is 1. The molecule has 0 aliphatic heterocycles. The van der Waals surface area contributed by atoms with Crippen LogP contribution in [0, 0.1) is 6.92 Å². The van der Waals surface area contributed by atoms with Crippen LogP contribution < -0.4 is 11.1 Å². The zero-order valence-corrected chi connectivity index (χ0v) is 11.9. The fourth-order valence-corrected chi connectivity index (χ4v) is 1.96. The fourth-order valence-electron chi connectivity index (χ4n) is 1.96. The second-order valence-corrected chi connectivity index (χ2v) is 4.90. The summed E-state index contributed by atoms with van der Waals surface area (Å²) in [7, 11) is 0. The molecular formula is C17H20N2O. The number of hydrogen-bond donors (Lipinski definition) is 2. The van der Waals surface area contributed by atoms with Gasteiger partial charge in [0.1, 0.15) is 0 Å². The molecule has 0 saturated carbocycles. The maximum Gasteiger partial charge on any atom is 0.181 e. The largest absolute Gasteiger partial charge is 0.398 e. The van der Waals surface area contributed by atoms with E-state index in [-0.39, 0.29) is 12.3 Å². The predicted octanol–water partition coefficient (Wildman–Crippen LogP) is 3.43. The lowest BCUT2D eigenvalue weighted by Gasteiger charge is -2.08. The summed E-state index contributed by atoms with van der Waals surface area (Å²) in [5.74, 6) is 0.0382. The molecule has 0 aromatic heterocycles. The van der Waals surface area contributed by atoms with Crippen molar-refractivity contribution in [2.24, 2.45) is 0 Å². The van der Waals surface area contributed by atoms with E-state index in [1.165, 1.54) is 5.56 Å². The number of nitrogen functional groups attached to an aromatic ring is 1. The average Bonchev–Trinajstić information content (AvgIpc) is 2.48. The van der Waals surface area contributed by atoms with E-state index in [9.17, 15) is 4.79 Å². The van der Waals surface area contributed by atoms with E-state index >= 15 is 0 Å². The molecule has 0 aliphatic carbocycles. The molecule has 0 atom stereocenters. The van der Waals surface area contributed by atoms with Crippen LogP contribution in [0.1, 0.15) is 28.4 Å². The molecule has 3 nitrogen and oxygen atoms in total. The number of nitrogens with two attached hydrogens (primary N) is 1. The molecule has 104 valence electrons. The number of aryl methyl sites for hydroxylation is 2. The van der Waals surface area contributed by atoms with Crippen LogP contribution in [0.25, 0.3) is 0 Å². The van der Waals surface area contributed by atoms with E-state index in [2.05, 4.69) is 24.4 Å². The molecule has 0 bridgehead atoms. The van der Waals surface area contributed by atoms with E-state index in [1.807, 2.05) is 31.2 Å². The van der Waals surface area contributed by atoms with Crippen molar-refractivity contribution < 1.29 is 4.79 Å². The summed E-state index contributed by atoms with van der Waals surface area (Å²) in [5, 5.41) is 3.14. The van der Waals surface area contributed by atoms with Crippen molar-refractivity contribution in [3.8, 4) is 0 Å². The minimum Gasteiger partial charge on any atom is -0.398 e. The molecule has 2 aromatic rings. The van der Waals surface area contributed by atoms with Crippen molar-refractivity contribution in [2.45, 2.75) is 20.3 Å². The van der Waals surface area contributed by atoms with Crippen LogP contribution in [0.3, 0.4) is 0 Å². The predicted molar refractivity (Wildman–Crippen MR) is 84.2 cm³/mol. The number of carbonyl (C=O) groups is 1. The summed E-state index contributed by atoms with van der Waals surface area (Å²) in [4.78, 5) is 12.1. The van der Waals surface area contributed by atoms with Crippen molar-refractivity contribution >= 4 is 17.2 Å². The third kappa shape index (κ3) is 3.38. The quantitative estimate of drug-likeness (QED) is 0.645. The molecule has 0 aliphatic rings. The Hall–Kier alpha value is -2.29. The summed E-state index contributed by atoms with van der Waals surface area (Å²) in [6.45, 7) is 4.32. The zero-order chi connectivity index (χ0) is 14.5. The number of Topliss-reactive ketones (excluding diaryl/α,β-unsaturated/α-hetero) is 1. The van der Waals surface area contributed by atoms with Gasteiger partial charge in [-0.3, -0.25) is 4.79 Å². The number of anilines is 2. The molecule has 2 aromatic carbocycles. The Bertz CT molecular complexity index is 603. The second kappa shape index (κ2) is 6.24. The van der Waals surface area contributed by atoms with Gasteiger partial charge in [0, 0.05) is 16.9 Å². The maximum atomic E-state index is 12.1. The third-order valence-electron chi connectivity index (χ3n) is 3.42. The van der Waals surface area contributed by atoms with Gasteiger partial charge >= 0.3 is 0 Å². The van der Waals surface area contributed by atoms with Crippen LogP contribution >= 0.6 is 0 Å². The Morgan fingerprint density at radius 1 is 1.15 bits per heavy atom. The van der Waals surface area contributed by atoms with Gasteiger partial charge in [-0.15, -0.1) is 0 Å². The van der Waals surface area contributed by atoms with Crippen LogP contribution in [-0.4, -0.2) is 12.3 Å². The van der Waals surface area contributed by atoms with Crippen molar-refractivity contribution in [3.05, 3.63) is 59.2 Å². The van der Waals surface area contributed by atoms with Crippen LogP contribution in [0.15, 0.2) is 42.5 Å². The van der Waals surface area contributed by atoms with E-state index in [1.54, 1.807) is 6.07 Å². The monoisotopic (exact) mass is 268 g/mol. The van der Waals surface area contributed by atoms with Gasteiger partial charge in [0.05, 0.1) is 6.54 Å². The molecule has 3 N–H and O–H groups in total. The van der Waals surface area contributed by atoms with Crippen LogP contribution in [0.2, 0.25) is 0 Å². The van der Waals surface area contributed by atoms with E-state index in [4.69, 9.17) is 5.73 Å². The minimum absolute atomic E-state index is 0.0382. The van der Waals surface area contributed by atoms with Crippen LogP contribution in [0.4, 0.5) is 11.4 Å². The van der Waals surface area contributed by atoms with Gasteiger partial charge < -0.3 is 11.1 Å². The number of rotatable bonds is 5. The zero-order valence-electron chi connectivity index (χ0n) is 11.9. The number of hydrogen-bond acceptors (Lipinski definition) is 3. The SMILES string of the molecule is CCc1ccc(NCC(=O)c2ccc(C)c(N)c2)cc1. The first-order valence-corrected chi connectivity index (χ1v) is 6.82. The molecule has 0 heterocycles. The van der Waals surface area contributed by atoms with Gasteiger partial charge in [0.15, 0.2) is 5.78 Å². The molecule has 2 rings (SSSR count). The lowest BCUT2D eigenvalue weighted by atomic mass is 10.1. The standard InChI is InChI=1S/C17H20N2O/c1-3-13-5-8-15(9-6-13)19-11-17(20)14-7-4-12(2)16(18)10-14/h4-10,19H,3,11,18H2,1-2H3. The highest BCUT2D eigenvalue weighted by Gasteiger charge is 2.07. The molecular weight excluding hydrogens is 248 g/mol. The summed E-state index contributed by atoms with van der Waals surface area (Å²) >= 11 is 0. The summed E-state index contributed by atoms with van der Waals surface area (Å²) in [6, 6.07) is 13.5.